The first kappa shape index (κ1) is 15.5. The monoisotopic (exact) mass is 304 g/mol. The molecule has 0 saturated heterocycles. The molecule has 1 aliphatic carbocycles. The molecule has 1 unspecified atom stereocenters. The van der Waals surface area contributed by atoms with Gasteiger partial charge in [-0.1, -0.05) is 25.7 Å². The van der Waals surface area contributed by atoms with Gasteiger partial charge in [-0.3, -0.25) is 0 Å². The number of nitrogens with one attached hydrogen (secondary N) is 2. The summed E-state index contributed by atoms with van der Waals surface area (Å²) in [5.41, 5.74) is 1.89. The molecule has 3 nitrogen and oxygen atoms in total. The summed E-state index contributed by atoms with van der Waals surface area (Å²) < 4.78 is 13.2. The van der Waals surface area contributed by atoms with Gasteiger partial charge in [0.1, 0.15) is 5.82 Å². The molecule has 0 amide bonds. The van der Waals surface area contributed by atoms with E-state index in [0.29, 0.717) is 5.92 Å². The predicted molar refractivity (Wildman–Crippen MR) is 87.1 cm³/mol. The third kappa shape index (κ3) is 3.87. The van der Waals surface area contributed by atoms with E-state index in [9.17, 15) is 9.50 Å². The van der Waals surface area contributed by atoms with Gasteiger partial charge < -0.3 is 15.4 Å². The predicted octanol–water partition coefficient (Wildman–Crippen LogP) is 3.59. The van der Waals surface area contributed by atoms with Crippen molar-refractivity contribution in [1.29, 1.82) is 0 Å². The van der Waals surface area contributed by atoms with Crippen LogP contribution in [0.3, 0.4) is 0 Å². The number of halogens is 1. The van der Waals surface area contributed by atoms with Crippen LogP contribution in [0.1, 0.15) is 37.8 Å². The average Bonchev–Trinajstić information content (AvgIpc) is 3.14. The second kappa shape index (κ2) is 7.25. The highest BCUT2D eigenvalue weighted by molar-refractivity contribution is 5.80. The number of aromatic nitrogens is 1. The zero-order valence-electron chi connectivity index (χ0n) is 12.9. The van der Waals surface area contributed by atoms with Gasteiger partial charge in [0.05, 0.1) is 0 Å². The fourth-order valence-corrected chi connectivity index (χ4v) is 3.61. The molecule has 1 aromatic carbocycles. The van der Waals surface area contributed by atoms with Gasteiger partial charge >= 0.3 is 0 Å². The van der Waals surface area contributed by atoms with E-state index < -0.39 is 0 Å². The summed E-state index contributed by atoms with van der Waals surface area (Å²) in [5, 5.41) is 14.0. The third-order valence-corrected chi connectivity index (χ3v) is 4.79. The SMILES string of the molecule is OCC(CNCc1cc2ccc(F)cc2[nH]1)CC1CCCC1. The quantitative estimate of drug-likeness (QED) is 0.732. The molecule has 1 aromatic heterocycles. The number of hydrogen-bond donors (Lipinski definition) is 3. The lowest BCUT2D eigenvalue weighted by Crippen LogP contribution is -2.26. The summed E-state index contributed by atoms with van der Waals surface area (Å²) in [6, 6.07) is 6.85. The zero-order valence-corrected chi connectivity index (χ0v) is 12.9. The van der Waals surface area contributed by atoms with Gasteiger partial charge in [0.2, 0.25) is 0 Å². The first-order chi connectivity index (χ1) is 10.7. The number of hydrogen-bond acceptors (Lipinski definition) is 2. The van der Waals surface area contributed by atoms with Crippen LogP contribution in [0.4, 0.5) is 4.39 Å². The van der Waals surface area contributed by atoms with Gasteiger partial charge in [0.15, 0.2) is 0 Å². The first-order valence-corrected chi connectivity index (χ1v) is 8.33. The smallest absolute Gasteiger partial charge is 0.125 e. The van der Waals surface area contributed by atoms with Crippen LogP contribution < -0.4 is 5.32 Å². The fourth-order valence-electron chi connectivity index (χ4n) is 3.61. The van der Waals surface area contributed by atoms with Crippen molar-refractivity contribution in [3.05, 3.63) is 35.8 Å². The molecule has 1 atom stereocenters. The van der Waals surface area contributed by atoms with Crippen molar-refractivity contribution in [3.8, 4) is 0 Å². The molecule has 0 spiro atoms. The highest BCUT2D eigenvalue weighted by atomic mass is 19.1. The first-order valence-electron chi connectivity index (χ1n) is 8.33. The van der Waals surface area contributed by atoms with Crippen LogP contribution in [0.5, 0.6) is 0 Å². The van der Waals surface area contributed by atoms with Crippen molar-refractivity contribution in [2.45, 2.75) is 38.6 Å². The number of rotatable bonds is 7. The van der Waals surface area contributed by atoms with Gasteiger partial charge in [0.25, 0.3) is 0 Å². The molecule has 0 radical (unpaired) electrons. The Morgan fingerprint density at radius 1 is 1.27 bits per heavy atom. The minimum absolute atomic E-state index is 0.217. The van der Waals surface area contributed by atoms with Crippen molar-refractivity contribution in [2.75, 3.05) is 13.2 Å². The molecule has 120 valence electrons. The lowest BCUT2D eigenvalue weighted by Gasteiger charge is -2.18. The molecule has 3 rings (SSSR count). The third-order valence-electron chi connectivity index (χ3n) is 4.79. The zero-order chi connectivity index (χ0) is 15.4. The number of H-pyrrole nitrogens is 1. The Morgan fingerprint density at radius 3 is 2.86 bits per heavy atom. The summed E-state index contributed by atoms with van der Waals surface area (Å²) >= 11 is 0. The molecule has 1 heterocycles. The van der Waals surface area contributed by atoms with E-state index in [2.05, 4.69) is 10.3 Å². The Hall–Kier alpha value is -1.39. The minimum atomic E-state index is -0.217. The fraction of sp³-hybridized carbons (Fsp3) is 0.556. The summed E-state index contributed by atoms with van der Waals surface area (Å²) in [6.45, 7) is 1.80. The minimum Gasteiger partial charge on any atom is -0.396 e. The summed E-state index contributed by atoms with van der Waals surface area (Å²) in [7, 11) is 0. The van der Waals surface area contributed by atoms with E-state index in [1.165, 1.54) is 37.8 Å². The Labute approximate surface area is 130 Å². The molecule has 0 aliphatic heterocycles. The topological polar surface area (TPSA) is 48.0 Å². The normalized spacial score (nSPS) is 17.4. The van der Waals surface area contributed by atoms with Crippen LogP contribution in [0.15, 0.2) is 24.3 Å². The van der Waals surface area contributed by atoms with E-state index in [1.807, 2.05) is 6.07 Å². The van der Waals surface area contributed by atoms with E-state index in [1.54, 1.807) is 6.07 Å². The molecule has 3 N–H and O–H groups in total. The van der Waals surface area contributed by atoms with Crippen LogP contribution in [-0.4, -0.2) is 23.2 Å². The molecular formula is C18H25FN2O. The summed E-state index contributed by atoms with van der Waals surface area (Å²) in [6.07, 6.45) is 6.47. The van der Waals surface area contributed by atoms with Crippen molar-refractivity contribution in [2.24, 2.45) is 11.8 Å². The van der Waals surface area contributed by atoms with Gasteiger partial charge in [-0.15, -0.1) is 0 Å². The number of aromatic amines is 1. The Balaban J connectivity index is 1.49. The summed E-state index contributed by atoms with van der Waals surface area (Å²) in [4.78, 5) is 3.24. The summed E-state index contributed by atoms with van der Waals surface area (Å²) in [5.74, 6) is 0.922. The second-order valence-electron chi connectivity index (χ2n) is 6.59. The van der Waals surface area contributed by atoms with Crippen LogP contribution in [-0.2, 0) is 6.54 Å². The maximum absolute atomic E-state index is 13.2. The molecule has 1 aliphatic rings. The second-order valence-corrected chi connectivity index (χ2v) is 6.59. The van der Waals surface area contributed by atoms with Crippen LogP contribution in [0.25, 0.3) is 10.9 Å². The Bertz CT molecular complexity index is 604. The molecule has 0 bridgehead atoms. The molecule has 2 aromatic rings. The van der Waals surface area contributed by atoms with Gasteiger partial charge in [-0.2, -0.15) is 0 Å². The van der Waals surface area contributed by atoms with Crippen LogP contribution in [0.2, 0.25) is 0 Å². The van der Waals surface area contributed by atoms with E-state index >= 15 is 0 Å². The van der Waals surface area contributed by atoms with Crippen LogP contribution >= 0.6 is 0 Å². The van der Waals surface area contributed by atoms with E-state index in [4.69, 9.17) is 0 Å². The van der Waals surface area contributed by atoms with E-state index in [-0.39, 0.29) is 12.4 Å². The van der Waals surface area contributed by atoms with Crippen molar-refractivity contribution in [3.63, 3.8) is 0 Å². The molecular weight excluding hydrogens is 279 g/mol. The van der Waals surface area contributed by atoms with Crippen molar-refractivity contribution < 1.29 is 9.50 Å². The van der Waals surface area contributed by atoms with Gasteiger partial charge in [-0.25, -0.2) is 4.39 Å². The highest BCUT2D eigenvalue weighted by Gasteiger charge is 2.19. The number of aliphatic hydroxyl groups is 1. The number of fused-ring (bicyclic) bond motifs is 1. The number of benzene rings is 1. The van der Waals surface area contributed by atoms with Gasteiger partial charge in [0, 0.05) is 30.9 Å². The van der Waals surface area contributed by atoms with E-state index in [0.717, 1.165) is 42.0 Å². The Morgan fingerprint density at radius 2 is 2.09 bits per heavy atom. The van der Waals surface area contributed by atoms with Crippen molar-refractivity contribution in [1.82, 2.24) is 10.3 Å². The standard InChI is InChI=1S/C18H25FN2O/c19-16-6-5-15-8-17(21-18(15)9-16)11-20-10-14(12-22)7-13-3-1-2-4-13/h5-6,8-9,13-14,20-22H,1-4,7,10-12H2. The number of aliphatic hydroxyl groups excluding tert-OH is 1. The lowest BCUT2D eigenvalue weighted by molar-refractivity contribution is 0.196. The highest BCUT2D eigenvalue weighted by Crippen LogP contribution is 2.30. The molecule has 4 heteroatoms. The van der Waals surface area contributed by atoms with Gasteiger partial charge in [-0.05, 0) is 47.9 Å². The maximum Gasteiger partial charge on any atom is 0.125 e. The molecule has 1 saturated carbocycles. The van der Waals surface area contributed by atoms with Crippen LogP contribution in [0, 0.1) is 17.7 Å². The molecule has 1 fully saturated rings. The molecule has 22 heavy (non-hydrogen) atoms. The van der Waals surface area contributed by atoms with Crippen molar-refractivity contribution >= 4 is 10.9 Å². The largest absolute Gasteiger partial charge is 0.396 e. The average molecular weight is 304 g/mol. The lowest BCUT2D eigenvalue weighted by atomic mass is 9.94. The maximum atomic E-state index is 13.2. The Kier molecular flexibility index (Phi) is 5.11.